The number of benzene rings is 4. The van der Waals surface area contributed by atoms with Crippen LogP contribution in [-0.2, 0) is 6.42 Å². The van der Waals surface area contributed by atoms with Gasteiger partial charge in [-0.3, -0.25) is 9.59 Å². The van der Waals surface area contributed by atoms with Gasteiger partial charge in [-0.25, -0.2) is 4.98 Å². The molecule has 1 aliphatic rings. The van der Waals surface area contributed by atoms with E-state index in [1.54, 1.807) is 23.1 Å². The molecule has 2 amide bonds. The fraction of sp³-hybridized carbons (Fsp3) is 0.225. The number of halogens is 1. The lowest BCUT2D eigenvalue weighted by Gasteiger charge is -2.18. The second-order valence-corrected chi connectivity index (χ2v) is 11.5. The van der Waals surface area contributed by atoms with Crippen LogP contribution in [0.3, 0.4) is 0 Å². The van der Waals surface area contributed by atoms with Crippen molar-refractivity contribution >= 4 is 56.6 Å². The zero-order valence-corrected chi connectivity index (χ0v) is 29.7. The van der Waals surface area contributed by atoms with Crippen LogP contribution in [0, 0.1) is 27.7 Å². The maximum Gasteiger partial charge on any atom is 0.274 e. The van der Waals surface area contributed by atoms with E-state index in [0.29, 0.717) is 46.6 Å². The number of aromatic amines is 1. The van der Waals surface area contributed by atoms with Gasteiger partial charge >= 0.3 is 0 Å². The molecule has 0 fully saturated rings. The Hall–Kier alpha value is -5.34. The summed E-state index contributed by atoms with van der Waals surface area (Å²) in [7, 11) is 0. The fourth-order valence-electron chi connectivity index (χ4n) is 5.81. The van der Waals surface area contributed by atoms with Crippen LogP contribution in [0.25, 0.3) is 21.8 Å². The number of fused-ring (bicyclic) bond motifs is 4. The van der Waals surface area contributed by atoms with Crippen molar-refractivity contribution < 1.29 is 19.8 Å². The summed E-state index contributed by atoms with van der Waals surface area (Å²) in [4.78, 5) is 35.1. The Morgan fingerprint density at radius 3 is 2.14 bits per heavy atom. The molecule has 49 heavy (non-hydrogen) atoms. The number of pyridine rings is 1. The van der Waals surface area contributed by atoms with E-state index in [-0.39, 0.29) is 23.3 Å². The maximum absolute atomic E-state index is 13.5. The summed E-state index contributed by atoms with van der Waals surface area (Å²) in [5.74, 6) is -0.314. The van der Waals surface area contributed by atoms with Crippen molar-refractivity contribution in [3.8, 4) is 11.5 Å². The summed E-state index contributed by atoms with van der Waals surface area (Å²) in [6.45, 7) is 13.0. The molecule has 4 aromatic carbocycles. The standard InChI is InChI=1S/C28H22N4O4.C9H12.C2H6.CH3Cl/c1-15-3-2-4-21-24(34)13-23-20(25(15)21)9-10-32(23)28(36)22-12-17-11-18(14-29-26(17)31-22)30-27(35)16-5-7-19(33)8-6-16;1-7-5-4-6-8(2)9(7)3;2*1-2/h2-8,11-14,33-34H,9-10H2,1H3,(H,29,31)(H,30,35);4-6H,1-3H3;1-2H3;1H3. The zero-order valence-electron chi connectivity index (χ0n) is 29.0. The third kappa shape index (κ3) is 7.87. The molecule has 8 nitrogen and oxygen atoms in total. The highest BCUT2D eigenvalue weighted by atomic mass is 35.5. The number of carbonyl (C=O) groups is 2. The number of aromatic hydroxyl groups is 2. The van der Waals surface area contributed by atoms with E-state index in [9.17, 15) is 19.8 Å². The molecule has 7 rings (SSSR count). The number of alkyl halides is 1. The predicted octanol–water partition coefficient (Wildman–Crippen LogP) is 9.38. The minimum Gasteiger partial charge on any atom is -0.508 e. The van der Waals surface area contributed by atoms with Gasteiger partial charge in [-0.1, -0.05) is 50.2 Å². The van der Waals surface area contributed by atoms with Crippen LogP contribution in [0.15, 0.2) is 85.1 Å². The number of aromatic nitrogens is 2. The molecule has 4 N–H and O–H groups in total. The van der Waals surface area contributed by atoms with Crippen LogP contribution in [0.5, 0.6) is 11.5 Å². The zero-order chi connectivity index (χ0) is 35.8. The Bertz CT molecular complexity index is 2080. The fourth-order valence-corrected chi connectivity index (χ4v) is 5.81. The van der Waals surface area contributed by atoms with Gasteiger partial charge in [0.25, 0.3) is 11.8 Å². The van der Waals surface area contributed by atoms with E-state index in [0.717, 1.165) is 21.9 Å². The normalized spacial score (nSPS) is 11.4. The number of anilines is 2. The molecule has 0 saturated heterocycles. The number of amides is 2. The van der Waals surface area contributed by atoms with Gasteiger partial charge in [-0.15, -0.1) is 11.6 Å². The summed E-state index contributed by atoms with van der Waals surface area (Å²) < 4.78 is 0. The van der Waals surface area contributed by atoms with Crippen molar-refractivity contribution in [2.24, 2.45) is 0 Å². The minimum absolute atomic E-state index is 0.0818. The second kappa shape index (κ2) is 16.2. The van der Waals surface area contributed by atoms with Gasteiger partial charge in [-0.2, -0.15) is 0 Å². The summed E-state index contributed by atoms with van der Waals surface area (Å²) in [6, 6.07) is 23.3. The summed E-state index contributed by atoms with van der Waals surface area (Å²) in [5.41, 5.74) is 8.80. The number of phenolic OH excluding ortho intramolecular Hbond substituents is 2. The molecule has 2 aromatic heterocycles. The maximum atomic E-state index is 13.5. The Balaban J connectivity index is 0.000000356. The molecule has 0 unspecified atom stereocenters. The largest absolute Gasteiger partial charge is 0.508 e. The molecular weight excluding hydrogens is 636 g/mol. The van der Waals surface area contributed by atoms with Gasteiger partial charge in [0.05, 0.1) is 17.6 Å². The number of carbonyl (C=O) groups excluding carboxylic acids is 2. The first-order chi connectivity index (χ1) is 23.6. The topological polar surface area (TPSA) is 119 Å². The average molecular weight is 679 g/mol. The van der Waals surface area contributed by atoms with Gasteiger partial charge < -0.3 is 25.4 Å². The van der Waals surface area contributed by atoms with Crippen LogP contribution in [0.4, 0.5) is 11.4 Å². The predicted molar refractivity (Wildman–Crippen MR) is 202 cm³/mol. The molecule has 0 saturated carbocycles. The van der Waals surface area contributed by atoms with Gasteiger partial charge in [-0.05, 0) is 104 Å². The number of aryl methyl sites for hydroxylation is 3. The number of rotatable bonds is 3. The highest BCUT2D eigenvalue weighted by Crippen LogP contribution is 2.41. The molecule has 3 heterocycles. The number of nitrogens with zero attached hydrogens (tertiary/aromatic N) is 2. The summed E-state index contributed by atoms with van der Waals surface area (Å²) >= 11 is 4.64. The van der Waals surface area contributed by atoms with Crippen molar-refractivity contribution in [3.63, 3.8) is 0 Å². The van der Waals surface area contributed by atoms with Crippen LogP contribution >= 0.6 is 11.6 Å². The van der Waals surface area contributed by atoms with E-state index >= 15 is 0 Å². The number of phenols is 2. The number of hydrogen-bond donors (Lipinski definition) is 4. The molecule has 1 aliphatic heterocycles. The van der Waals surface area contributed by atoms with E-state index in [4.69, 9.17) is 0 Å². The number of hydrogen-bond acceptors (Lipinski definition) is 5. The van der Waals surface area contributed by atoms with Crippen molar-refractivity contribution in [3.05, 3.63) is 124 Å². The molecule has 0 aliphatic carbocycles. The molecular formula is C40H43ClN4O4. The van der Waals surface area contributed by atoms with Crippen molar-refractivity contribution in [1.82, 2.24) is 9.97 Å². The first-order valence-corrected chi connectivity index (χ1v) is 16.9. The van der Waals surface area contributed by atoms with Crippen LogP contribution in [0.1, 0.15) is 62.5 Å². The lowest BCUT2D eigenvalue weighted by molar-refractivity contribution is 0.0983. The first kappa shape index (κ1) is 36.5. The van der Waals surface area contributed by atoms with E-state index < -0.39 is 0 Å². The molecule has 0 atom stereocenters. The number of nitrogens with one attached hydrogen (secondary N) is 2. The second-order valence-electron chi connectivity index (χ2n) is 11.5. The molecule has 0 radical (unpaired) electrons. The molecule has 9 heteroatoms. The van der Waals surface area contributed by atoms with E-state index in [1.807, 2.05) is 39.0 Å². The average Bonchev–Trinajstić information content (AvgIpc) is 3.74. The van der Waals surface area contributed by atoms with Crippen molar-refractivity contribution in [1.29, 1.82) is 0 Å². The first-order valence-electron chi connectivity index (χ1n) is 16.2. The number of H-pyrrole nitrogens is 1. The Labute approximate surface area is 292 Å². The minimum atomic E-state index is -0.334. The highest BCUT2D eigenvalue weighted by molar-refractivity contribution is 6.15. The highest BCUT2D eigenvalue weighted by Gasteiger charge is 2.29. The van der Waals surface area contributed by atoms with Gasteiger partial charge in [0.15, 0.2) is 0 Å². The lowest BCUT2D eigenvalue weighted by atomic mass is 9.97. The van der Waals surface area contributed by atoms with Gasteiger partial charge in [0.2, 0.25) is 0 Å². The molecule has 0 bridgehead atoms. The van der Waals surface area contributed by atoms with E-state index in [1.165, 1.54) is 53.5 Å². The van der Waals surface area contributed by atoms with Crippen molar-refractivity contribution in [2.45, 2.75) is 48.0 Å². The quantitative estimate of drug-likeness (QED) is 0.139. The molecule has 254 valence electrons. The monoisotopic (exact) mass is 678 g/mol. The van der Waals surface area contributed by atoms with Gasteiger partial charge in [0, 0.05) is 35.3 Å². The van der Waals surface area contributed by atoms with Crippen molar-refractivity contribution in [2.75, 3.05) is 23.1 Å². The van der Waals surface area contributed by atoms with Gasteiger partial charge in [0.1, 0.15) is 22.8 Å². The third-order valence-corrected chi connectivity index (χ3v) is 8.52. The Morgan fingerprint density at radius 1 is 0.857 bits per heavy atom. The van der Waals surface area contributed by atoms with Crippen LogP contribution in [0.2, 0.25) is 0 Å². The summed E-state index contributed by atoms with van der Waals surface area (Å²) in [6.07, 6.45) is 3.69. The SMILES string of the molecule is CC.CCl.Cc1cccc(C)c1C.Cc1cccc2c(O)cc3c(c12)CCN3C(=O)c1cc2cc(NC(=O)c3ccc(O)cc3)cnc2[nH]1. The Kier molecular flexibility index (Phi) is 12.0. The molecule has 6 aromatic rings. The smallest absolute Gasteiger partial charge is 0.274 e. The van der Waals surface area contributed by atoms with Crippen LogP contribution in [-0.4, -0.2) is 44.9 Å². The van der Waals surface area contributed by atoms with E-state index in [2.05, 4.69) is 65.9 Å². The Morgan fingerprint density at radius 2 is 1.49 bits per heavy atom. The van der Waals surface area contributed by atoms with Crippen LogP contribution < -0.4 is 10.2 Å². The molecule has 0 spiro atoms. The lowest BCUT2D eigenvalue weighted by Crippen LogP contribution is -2.29. The summed E-state index contributed by atoms with van der Waals surface area (Å²) in [5, 5.41) is 25.3. The third-order valence-electron chi connectivity index (χ3n) is 8.52.